The van der Waals surface area contributed by atoms with E-state index in [2.05, 4.69) is 5.32 Å². The molecule has 4 heteroatoms. The number of fused-ring (bicyclic) bond motifs is 1. The molecule has 1 heterocycles. The largest absolute Gasteiger partial charge is 1.00 e. The van der Waals surface area contributed by atoms with Crippen LogP contribution in [0.1, 0.15) is 6.99 Å². The van der Waals surface area contributed by atoms with Gasteiger partial charge in [0, 0.05) is 12.2 Å². The Morgan fingerprint density at radius 2 is 2.21 bits per heavy atom. The zero-order valence-corrected chi connectivity index (χ0v) is 10.2. The van der Waals surface area contributed by atoms with Gasteiger partial charge < -0.3 is 11.8 Å². The van der Waals surface area contributed by atoms with E-state index < -0.39 is 5.97 Å². The number of hydrogen-bond donors (Lipinski definition) is 2. The smallest absolute Gasteiger partial charge is 1.00 e. The third-order valence-electron chi connectivity index (χ3n) is 2.37. The van der Waals surface area contributed by atoms with Crippen LogP contribution in [0.5, 0.6) is 0 Å². The van der Waals surface area contributed by atoms with Crippen molar-refractivity contribution < 1.29 is 40.9 Å². The average Bonchev–Trinajstić information content (AvgIpc) is 2.17. The van der Waals surface area contributed by atoms with Gasteiger partial charge in [-0.05, 0) is 18.1 Å². The number of benzene rings is 1. The molecule has 1 aliphatic heterocycles. The molecule has 0 spiro atoms. The zero-order chi connectivity index (χ0) is 9.26. The Kier molecular flexibility index (Phi) is 3.98. The summed E-state index contributed by atoms with van der Waals surface area (Å²) >= 11 is 0. The number of hydrogen-bond acceptors (Lipinski definition) is 2. The van der Waals surface area contributed by atoms with E-state index >= 15 is 0 Å². The summed E-state index contributed by atoms with van der Waals surface area (Å²) in [4.78, 5) is 10.7. The molecule has 14 heavy (non-hydrogen) atoms. The molecule has 0 saturated carbocycles. The molecule has 1 aromatic carbocycles. The minimum absolute atomic E-state index is 0. The van der Waals surface area contributed by atoms with Crippen molar-refractivity contribution in [2.45, 2.75) is 6.42 Å². The fourth-order valence-corrected chi connectivity index (χ4v) is 1.62. The predicted octanol–water partition coefficient (Wildman–Crippen LogP) is -1.53. The average molecular weight is 201 g/mol. The van der Waals surface area contributed by atoms with Crippen molar-refractivity contribution in [3.8, 4) is 0 Å². The van der Waals surface area contributed by atoms with Crippen LogP contribution in [-0.4, -0.2) is 17.6 Å². The topological polar surface area (TPSA) is 49.3 Å². The second-order valence-electron chi connectivity index (χ2n) is 3.28. The Labute approximate surface area is 106 Å². The summed E-state index contributed by atoms with van der Waals surface area (Å²) in [6, 6.07) is 7.84. The summed E-state index contributed by atoms with van der Waals surface area (Å²) in [5.74, 6) is -1.00. The van der Waals surface area contributed by atoms with Gasteiger partial charge in [0.25, 0.3) is 0 Å². The molecule has 0 amide bonds. The quantitative estimate of drug-likeness (QED) is 0.542. The van der Waals surface area contributed by atoms with Gasteiger partial charge in [-0.3, -0.25) is 4.79 Å². The van der Waals surface area contributed by atoms with Crippen molar-refractivity contribution in [1.29, 1.82) is 0 Å². The monoisotopic (exact) mass is 201 g/mol. The van der Waals surface area contributed by atoms with Crippen LogP contribution in [0.15, 0.2) is 24.3 Å². The Balaban J connectivity index is 0.000000980. The SMILES string of the molecule is O=C(O)C1CNc2ccccc2C1.[H-].[Na+]. The maximum Gasteiger partial charge on any atom is 1.00 e. The third-order valence-corrected chi connectivity index (χ3v) is 2.37. The van der Waals surface area contributed by atoms with Gasteiger partial charge in [-0.2, -0.15) is 0 Å². The minimum atomic E-state index is -0.720. The van der Waals surface area contributed by atoms with Crippen molar-refractivity contribution >= 4 is 11.7 Å². The molecule has 1 aliphatic rings. The molecule has 0 bridgehead atoms. The van der Waals surface area contributed by atoms with E-state index in [9.17, 15) is 4.79 Å². The van der Waals surface area contributed by atoms with E-state index in [1.165, 1.54) is 0 Å². The molecule has 1 aromatic rings. The molecule has 0 fully saturated rings. The van der Waals surface area contributed by atoms with Gasteiger partial charge in [-0.1, -0.05) is 18.2 Å². The summed E-state index contributed by atoms with van der Waals surface area (Å²) in [6.45, 7) is 0.534. The number of aliphatic carboxylic acids is 1. The van der Waals surface area contributed by atoms with Crippen molar-refractivity contribution in [3.05, 3.63) is 29.8 Å². The molecule has 2 rings (SSSR count). The number of rotatable bonds is 1. The first-order chi connectivity index (χ1) is 6.27. The van der Waals surface area contributed by atoms with Crippen LogP contribution in [-0.2, 0) is 11.2 Å². The Morgan fingerprint density at radius 1 is 1.50 bits per heavy atom. The first-order valence-electron chi connectivity index (χ1n) is 4.32. The van der Waals surface area contributed by atoms with Crippen LogP contribution in [0.2, 0.25) is 0 Å². The molecule has 1 atom stereocenters. The molecule has 0 aliphatic carbocycles. The standard InChI is InChI=1S/C10H11NO2.Na.H/c12-10(13)8-5-7-3-1-2-4-9(7)11-6-8;;/h1-4,8,11H,5-6H2,(H,12,13);;/q;+1;-1. The molecule has 2 N–H and O–H groups in total. The van der Waals surface area contributed by atoms with Gasteiger partial charge in [-0.15, -0.1) is 0 Å². The number of carboxylic acids is 1. The normalized spacial score (nSPS) is 18.7. The van der Waals surface area contributed by atoms with Gasteiger partial charge in [0.15, 0.2) is 0 Å². The molecule has 70 valence electrons. The summed E-state index contributed by atoms with van der Waals surface area (Å²) < 4.78 is 0. The van der Waals surface area contributed by atoms with E-state index in [-0.39, 0.29) is 36.9 Å². The number of carboxylic acid groups (broad SMARTS) is 1. The van der Waals surface area contributed by atoms with Crippen LogP contribution < -0.4 is 34.9 Å². The second kappa shape index (κ2) is 4.82. The third kappa shape index (κ3) is 2.29. The fraction of sp³-hybridized carbons (Fsp3) is 0.300. The molecule has 1 unspecified atom stereocenters. The van der Waals surface area contributed by atoms with Crippen LogP contribution in [0.25, 0.3) is 0 Å². The molecule has 0 aromatic heterocycles. The van der Waals surface area contributed by atoms with Gasteiger partial charge >= 0.3 is 35.5 Å². The molecule has 3 nitrogen and oxygen atoms in total. The molecular formula is C10H12NNaO2. The van der Waals surface area contributed by atoms with Crippen molar-refractivity contribution in [3.63, 3.8) is 0 Å². The Morgan fingerprint density at radius 3 is 2.93 bits per heavy atom. The van der Waals surface area contributed by atoms with Crippen molar-refractivity contribution in [2.75, 3.05) is 11.9 Å². The molecule has 0 saturated heterocycles. The first-order valence-corrected chi connectivity index (χ1v) is 4.32. The zero-order valence-electron chi connectivity index (χ0n) is 9.16. The van der Waals surface area contributed by atoms with E-state index in [0.717, 1.165) is 11.3 Å². The number of para-hydroxylation sites is 1. The number of anilines is 1. The van der Waals surface area contributed by atoms with Gasteiger partial charge in [-0.25, -0.2) is 0 Å². The van der Waals surface area contributed by atoms with E-state index in [0.29, 0.717) is 13.0 Å². The number of nitrogens with one attached hydrogen (secondary N) is 1. The van der Waals surface area contributed by atoms with E-state index in [1.54, 1.807) is 0 Å². The molecular weight excluding hydrogens is 189 g/mol. The maximum atomic E-state index is 10.7. The summed E-state index contributed by atoms with van der Waals surface area (Å²) in [5.41, 5.74) is 2.17. The van der Waals surface area contributed by atoms with Crippen molar-refractivity contribution in [2.24, 2.45) is 5.92 Å². The van der Waals surface area contributed by atoms with Crippen LogP contribution >= 0.6 is 0 Å². The fourth-order valence-electron chi connectivity index (χ4n) is 1.62. The predicted molar refractivity (Wildman–Crippen MR) is 50.9 cm³/mol. The van der Waals surface area contributed by atoms with Crippen molar-refractivity contribution in [1.82, 2.24) is 0 Å². The van der Waals surface area contributed by atoms with E-state index in [1.807, 2.05) is 24.3 Å². The van der Waals surface area contributed by atoms with Crippen LogP contribution in [0.4, 0.5) is 5.69 Å². The van der Waals surface area contributed by atoms with Crippen LogP contribution in [0.3, 0.4) is 0 Å². The Bertz CT molecular complexity index is 346. The van der Waals surface area contributed by atoms with Crippen LogP contribution in [0, 0.1) is 5.92 Å². The summed E-state index contributed by atoms with van der Waals surface area (Å²) in [6.07, 6.45) is 0.637. The minimum Gasteiger partial charge on any atom is -1.00 e. The van der Waals surface area contributed by atoms with E-state index in [4.69, 9.17) is 5.11 Å². The summed E-state index contributed by atoms with van der Waals surface area (Å²) in [5, 5.41) is 11.9. The maximum absolute atomic E-state index is 10.7. The first kappa shape index (κ1) is 11.6. The van der Waals surface area contributed by atoms with Gasteiger partial charge in [0.2, 0.25) is 0 Å². The van der Waals surface area contributed by atoms with Gasteiger partial charge in [0.1, 0.15) is 0 Å². The Hall–Kier alpha value is -0.510. The molecule has 0 radical (unpaired) electrons. The summed E-state index contributed by atoms with van der Waals surface area (Å²) in [7, 11) is 0. The second-order valence-corrected chi connectivity index (χ2v) is 3.28. The number of carbonyl (C=O) groups is 1. The van der Waals surface area contributed by atoms with Gasteiger partial charge in [0.05, 0.1) is 5.92 Å².